The number of amides is 1. The van der Waals surface area contributed by atoms with Gasteiger partial charge in [0.25, 0.3) is 0 Å². The largest absolute Gasteiger partial charge is 0.411 e. The first-order chi connectivity index (χ1) is 12.3. The number of hydrogen-bond donors (Lipinski definition) is 1. The molecule has 1 aromatic heterocycles. The van der Waals surface area contributed by atoms with Crippen LogP contribution in [0.1, 0.15) is 6.42 Å². The first kappa shape index (κ1) is 20.0. The maximum atomic E-state index is 12.4. The van der Waals surface area contributed by atoms with Crippen molar-refractivity contribution in [2.24, 2.45) is 12.0 Å². The summed E-state index contributed by atoms with van der Waals surface area (Å²) < 4.78 is 42.1. The van der Waals surface area contributed by atoms with Crippen LogP contribution in [0.3, 0.4) is 0 Å². The van der Waals surface area contributed by atoms with Gasteiger partial charge in [-0.3, -0.25) is 14.5 Å². The van der Waals surface area contributed by atoms with E-state index < -0.39 is 12.8 Å². The van der Waals surface area contributed by atoms with Crippen LogP contribution < -0.4 is 10.2 Å². The molecule has 1 aromatic rings. The van der Waals surface area contributed by atoms with Gasteiger partial charge in [0.1, 0.15) is 13.2 Å². The number of anilines is 1. The van der Waals surface area contributed by atoms with Crippen molar-refractivity contribution in [2.45, 2.75) is 12.6 Å². The van der Waals surface area contributed by atoms with Crippen LogP contribution in [0.15, 0.2) is 17.4 Å². The van der Waals surface area contributed by atoms with Gasteiger partial charge >= 0.3 is 6.18 Å². The number of carbonyl (C=O) groups is 1. The molecule has 1 amide bonds. The molecule has 0 unspecified atom stereocenters. The molecule has 11 heteroatoms. The molecule has 0 saturated carbocycles. The number of guanidine groups is 1. The van der Waals surface area contributed by atoms with E-state index >= 15 is 0 Å². The number of carbonyl (C=O) groups excluding carboxylic acids is 1. The zero-order valence-corrected chi connectivity index (χ0v) is 14.8. The van der Waals surface area contributed by atoms with Gasteiger partial charge in [0.15, 0.2) is 5.96 Å². The molecule has 1 saturated heterocycles. The fraction of sp³-hybridized carbons (Fsp3) is 0.667. The number of nitrogens with one attached hydrogen (secondary N) is 1. The third-order valence-corrected chi connectivity index (χ3v) is 3.75. The van der Waals surface area contributed by atoms with Crippen LogP contribution in [0.4, 0.5) is 18.9 Å². The molecule has 8 nitrogen and oxygen atoms in total. The highest BCUT2D eigenvalue weighted by molar-refractivity contribution is 5.98. The third kappa shape index (κ3) is 5.90. The van der Waals surface area contributed by atoms with Crippen molar-refractivity contribution >= 4 is 17.6 Å². The minimum absolute atomic E-state index is 0.00276. The first-order valence-electron chi connectivity index (χ1n) is 8.19. The number of nitrogens with zero attached hydrogens (tertiary/aromatic N) is 5. The van der Waals surface area contributed by atoms with Crippen molar-refractivity contribution in [3.8, 4) is 0 Å². The van der Waals surface area contributed by atoms with E-state index in [4.69, 9.17) is 0 Å². The lowest BCUT2D eigenvalue weighted by molar-refractivity contribution is -0.173. The van der Waals surface area contributed by atoms with Crippen molar-refractivity contribution < 1.29 is 22.7 Å². The Hall–Kier alpha value is -2.30. The molecular formula is C15H23F3N6O2. The molecule has 0 aromatic carbocycles. The zero-order chi connectivity index (χ0) is 19.2. The van der Waals surface area contributed by atoms with E-state index in [1.165, 1.54) is 0 Å². The summed E-state index contributed by atoms with van der Waals surface area (Å²) in [7, 11) is 3.38. The SMILES string of the molecule is CN=C(NCCCOCC(F)(F)F)N1CCN(c2cnn(C)c2)C(=O)C1. The number of hydrogen-bond acceptors (Lipinski definition) is 4. The Balaban J connectivity index is 1.74. The molecule has 1 aliphatic heterocycles. The van der Waals surface area contributed by atoms with Gasteiger partial charge < -0.3 is 19.9 Å². The van der Waals surface area contributed by atoms with Gasteiger partial charge in [-0.25, -0.2) is 0 Å². The van der Waals surface area contributed by atoms with Crippen LogP contribution in [0, 0.1) is 0 Å². The summed E-state index contributed by atoms with van der Waals surface area (Å²) in [5, 5.41) is 7.11. The van der Waals surface area contributed by atoms with Crippen LogP contribution in [-0.2, 0) is 16.6 Å². The van der Waals surface area contributed by atoms with E-state index in [2.05, 4.69) is 20.1 Å². The number of alkyl halides is 3. The monoisotopic (exact) mass is 376 g/mol. The Labute approximate surface area is 149 Å². The number of aryl methyl sites for hydroxylation is 1. The molecule has 0 aliphatic carbocycles. The third-order valence-electron chi connectivity index (χ3n) is 3.75. The van der Waals surface area contributed by atoms with Crippen LogP contribution in [0.25, 0.3) is 0 Å². The lowest BCUT2D eigenvalue weighted by atomic mass is 10.3. The van der Waals surface area contributed by atoms with E-state index in [9.17, 15) is 18.0 Å². The van der Waals surface area contributed by atoms with Crippen LogP contribution in [0.2, 0.25) is 0 Å². The Morgan fingerprint density at radius 1 is 1.42 bits per heavy atom. The van der Waals surface area contributed by atoms with E-state index in [1.807, 2.05) is 4.90 Å². The summed E-state index contributed by atoms with van der Waals surface area (Å²) in [6.45, 7) is 0.412. The normalized spacial score (nSPS) is 16.3. The predicted molar refractivity (Wildman–Crippen MR) is 90.0 cm³/mol. The second kappa shape index (κ2) is 8.88. The predicted octanol–water partition coefficient (Wildman–Crippen LogP) is 0.613. The minimum atomic E-state index is -4.31. The highest BCUT2D eigenvalue weighted by Gasteiger charge is 2.28. The average Bonchev–Trinajstić information content (AvgIpc) is 2.99. The van der Waals surface area contributed by atoms with E-state index in [-0.39, 0.29) is 19.1 Å². The second-order valence-electron chi connectivity index (χ2n) is 5.83. The maximum Gasteiger partial charge on any atom is 0.411 e. The van der Waals surface area contributed by atoms with Crippen LogP contribution in [0.5, 0.6) is 0 Å². The van der Waals surface area contributed by atoms with Crippen molar-refractivity contribution in [3.63, 3.8) is 0 Å². The van der Waals surface area contributed by atoms with Gasteiger partial charge in [-0.1, -0.05) is 0 Å². The van der Waals surface area contributed by atoms with Crippen molar-refractivity contribution in [2.75, 3.05) is 51.3 Å². The first-order valence-corrected chi connectivity index (χ1v) is 8.19. The molecule has 0 radical (unpaired) electrons. The Bertz CT molecular complexity index is 631. The molecule has 146 valence electrons. The summed E-state index contributed by atoms with van der Waals surface area (Å²) in [6, 6.07) is 0. The summed E-state index contributed by atoms with van der Waals surface area (Å²) in [5.74, 6) is 0.473. The van der Waals surface area contributed by atoms with Crippen LogP contribution in [-0.4, -0.2) is 79.2 Å². The summed E-state index contributed by atoms with van der Waals surface area (Å²) >= 11 is 0. The standard InChI is InChI=1S/C15H23F3N6O2/c1-19-14(20-4-3-7-26-11-15(16,17)18)23-5-6-24(13(25)10-23)12-8-21-22(2)9-12/h8-9H,3-7,10-11H2,1-2H3,(H,19,20). The number of aromatic nitrogens is 2. The fourth-order valence-corrected chi connectivity index (χ4v) is 2.57. The van der Waals surface area contributed by atoms with Crippen LogP contribution >= 0.6 is 0 Å². The highest BCUT2D eigenvalue weighted by atomic mass is 19.4. The topological polar surface area (TPSA) is 75.0 Å². The maximum absolute atomic E-state index is 12.4. The van der Waals surface area contributed by atoms with E-state index in [0.717, 1.165) is 5.69 Å². The molecule has 0 atom stereocenters. The highest BCUT2D eigenvalue weighted by Crippen LogP contribution is 2.16. The lowest BCUT2D eigenvalue weighted by Gasteiger charge is -2.35. The number of rotatable bonds is 6. The molecule has 26 heavy (non-hydrogen) atoms. The van der Waals surface area contributed by atoms with Gasteiger partial charge in [0, 0.05) is 46.5 Å². The number of halogens is 3. The molecule has 1 aliphatic rings. The van der Waals surface area contributed by atoms with Gasteiger partial charge in [-0.2, -0.15) is 18.3 Å². The Morgan fingerprint density at radius 3 is 2.77 bits per heavy atom. The quantitative estimate of drug-likeness (QED) is 0.447. The van der Waals surface area contributed by atoms with Gasteiger partial charge in [0.2, 0.25) is 5.91 Å². The molecule has 1 fully saturated rings. The molecule has 2 rings (SSSR count). The summed E-state index contributed by atoms with van der Waals surface area (Å²) in [6.07, 6.45) is -0.486. The van der Waals surface area contributed by atoms with Crippen molar-refractivity contribution in [3.05, 3.63) is 12.4 Å². The number of piperazine rings is 1. The second-order valence-corrected chi connectivity index (χ2v) is 5.83. The number of aliphatic imine (C=N–C) groups is 1. The fourth-order valence-electron chi connectivity index (χ4n) is 2.57. The Kier molecular flexibility index (Phi) is 6.83. The smallest absolute Gasteiger partial charge is 0.372 e. The molecule has 0 spiro atoms. The molecular weight excluding hydrogens is 353 g/mol. The molecule has 0 bridgehead atoms. The molecule has 2 heterocycles. The van der Waals surface area contributed by atoms with Gasteiger partial charge in [-0.15, -0.1) is 0 Å². The van der Waals surface area contributed by atoms with Gasteiger partial charge in [0.05, 0.1) is 11.9 Å². The minimum Gasteiger partial charge on any atom is -0.372 e. The summed E-state index contributed by atoms with van der Waals surface area (Å²) in [5.41, 5.74) is 0.752. The Morgan fingerprint density at radius 2 is 2.19 bits per heavy atom. The molecule has 1 N–H and O–H groups in total. The number of ether oxygens (including phenoxy) is 1. The van der Waals surface area contributed by atoms with Crippen molar-refractivity contribution in [1.82, 2.24) is 20.0 Å². The van der Waals surface area contributed by atoms with E-state index in [1.54, 1.807) is 36.1 Å². The summed E-state index contributed by atoms with van der Waals surface area (Å²) in [4.78, 5) is 20.0. The lowest BCUT2D eigenvalue weighted by Crippen LogP contribution is -2.55. The zero-order valence-electron chi connectivity index (χ0n) is 14.8. The van der Waals surface area contributed by atoms with Gasteiger partial charge in [-0.05, 0) is 6.42 Å². The van der Waals surface area contributed by atoms with E-state index in [0.29, 0.717) is 32.0 Å². The van der Waals surface area contributed by atoms with Crippen molar-refractivity contribution in [1.29, 1.82) is 0 Å². The average molecular weight is 376 g/mol.